The number of carboxylic acids is 1. The van der Waals surface area contributed by atoms with E-state index in [0.717, 1.165) is 26.2 Å². The number of aliphatic carboxylic acids is 1. The van der Waals surface area contributed by atoms with Crippen LogP contribution in [0.2, 0.25) is 0 Å². The summed E-state index contributed by atoms with van der Waals surface area (Å²) in [6, 6.07) is -0.921. The molecule has 3 N–H and O–H groups in total. The number of hydrogen-bond acceptors (Lipinski definition) is 5. The van der Waals surface area contributed by atoms with E-state index in [9.17, 15) is 4.79 Å². The van der Waals surface area contributed by atoms with Gasteiger partial charge < -0.3 is 15.6 Å². The highest BCUT2D eigenvalue weighted by atomic mass is 16.5. The Morgan fingerprint density at radius 1 is 1.76 bits per heavy atom. The molecule has 1 fully saturated rings. The van der Waals surface area contributed by atoms with E-state index in [1.54, 1.807) is 10.9 Å². The molecule has 7 nitrogen and oxygen atoms in total. The molecule has 0 spiro atoms. The Labute approximate surface area is 98.5 Å². The maximum Gasteiger partial charge on any atom is 0.320 e. The quantitative estimate of drug-likeness (QED) is 0.703. The van der Waals surface area contributed by atoms with Crippen LogP contribution in [0.3, 0.4) is 0 Å². The summed E-state index contributed by atoms with van der Waals surface area (Å²) in [5, 5.41) is 16.5. The molecule has 1 aliphatic rings. The number of rotatable bonds is 5. The number of carboxylic acid groups (broad SMARTS) is 1. The highest BCUT2D eigenvalue weighted by Crippen LogP contribution is 2.14. The summed E-state index contributed by atoms with van der Waals surface area (Å²) in [5.41, 5.74) is 6.03. The fraction of sp³-hybridized carbons (Fsp3) is 0.700. The van der Waals surface area contributed by atoms with Crippen LogP contribution in [0.4, 0.5) is 0 Å². The molecule has 0 saturated carbocycles. The van der Waals surface area contributed by atoms with Gasteiger partial charge in [0, 0.05) is 31.7 Å². The fourth-order valence-electron chi connectivity index (χ4n) is 1.83. The molecule has 94 valence electrons. The lowest BCUT2D eigenvalue weighted by atomic mass is 10.1. The predicted molar refractivity (Wildman–Crippen MR) is 58.3 cm³/mol. The summed E-state index contributed by atoms with van der Waals surface area (Å²) in [4.78, 5) is 10.6. The third-order valence-corrected chi connectivity index (χ3v) is 2.80. The van der Waals surface area contributed by atoms with Gasteiger partial charge in [-0.25, -0.2) is 0 Å². The lowest BCUT2D eigenvalue weighted by molar-refractivity contribution is -0.138. The molecule has 1 aromatic heterocycles. The van der Waals surface area contributed by atoms with Crippen molar-refractivity contribution in [1.82, 2.24) is 15.0 Å². The topological polar surface area (TPSA) is 103 Å². The van der Waals surface area contributed by atoms with E-state index in [4.69, 9.17) is 15.6 Å². The zero-order valence-electron chi connectivity index (χ0n) is 9.45. The fourth-order valence-corrected chi connectivity index (χ4v) is 1.83. The van der Waals surface area contributed by atoms with Crippen LogP contribution in [-0.2, 0) is 22.5 Å². The predicted octanol–water partition coefficient (Wildman–Crippen LogP) is -0.731. The molecule has 0 amide bonds. The Bertz CT molecular complexity index is 387. The Balaban J connectivity index is 1.88. The van der Waals surface area contributed by atoms with Gasteiger partial charge in [-0.3, -0.25) is 9.48 Å². The Kier molecular flexibility index (Phi) is 3.70. The molecular formula is C10H16N4O3. The highest BCUT2D eigenvalue weighted by molar-refractivity contribution is 5.73. The molecule has 0 aromatic carbocycles. The Hall–Kier alpha value is -1.47. The van der Waals surface area contributed by atoms with Crippen LogP contribution in [-0.4, -0.2) is 45.3 Å². The number of nitrogens with zero attached hydrogens (tertiary/aromatic N) is 3. The monoisotopic (exact) mass is 240 g/mol. The maximum absolute atomic E-state index is 10.6. The summed E-state index contributed by atoms with van der Waals surface area (Å²) in [7, 11) is 0. The number of hydrogen-bond donors (Lipinski definition) is 2. The van der Waals surface area contributed by atoms with Gasteiger partial charge >= 0.3 is 5.97 Å². The van der Waals surface area contributed by atoms with Crippen molar-refractivity contribution in [1.29, 1.82) is 0 Å². The minimum absolute atomic E-state index is 0.205. The van der Waals surface area contributed by atoms with Crippen LogP contribution in [0.25, 0.3) is 0 Å². The van der Waals surface area contributed by atoms with Crippen molar-refractivity contribution in [2.45, 2.75) is 25.4 Å². The number of nitrogens with two attached hydrogens (primary N) is 1. The van der Waals surface area contributed by atoms with E-state index in [1.807, 2.05) is 0 Å². The molecule has 1 aliphatic heterocycles. The summed E-state index contributed by atoms with van der Waals surface area (Å²) in [5.74, 6) is -0.554. The van der Waals surface area contributed by atoms with Crippen LogP contribution in [0, 0.1) is 5.92 Å². The van der Waals surface area contributed by atoms with Crippen LogP contribution in [0.5, 0.6) is 0 Å². The first kappa shape index (κ1) is 12.0. The number of aromatic nitrogens is 3. The third-order valence-electron chi connectivity index (χ3n) is 2.80. The first-order valence-corrected chi connectivity index (χ1v) is 5.60. The van der Waals surface area contributed by atoms with Crippen molar-refractivity contribution in [2.75, 3.05) is 13.2 Å². The van der Waals surface area contributed by atoms with E-state index in [2.05, 4.69) is 10.3 Å². The summed E-state index contributed by atoms with van der Waals surface area (Å²) in [6.45, 7) is 2.31. The maximum atomic E-state index is 10.6. The van der Waals surface area contributed by atoms with Crippen molar-refractivity contribution in [3.8, 4) is 0 Å². The van der Waals surface area contributed by atoms with Crippen LogP contribution in [0.1, 0.15) is 12.1 Å². The van der Waals surface area contributed by atoms with Gasteiger partial charge in [-0.05, 0) is 6.42 Å². The van der Waals surface area contributed by atoms with Crippen LogP contribution >= 0.6 is 0 Å². The third kappa shape index (κ3) is 3.24. The van der Waals surface area contributed by atoms with Crippen molar-refractivity contribution in [2.24, 2.45) is 11.7 Å². The van der Waals surface area contributed by atoms with Gasteiger partial charge in [-0.1, -0.05) is 5.21 Å². The molecule has 0 bridgehead atoms. The molecular weight excluding hydrogens is 224 g/mol. The smallest absolute Gasteiger partial charge is 0.320 e. The van der Waals surface area contributed by atoms with Crippen molar-refractivity contribution in [3.05, 3.63) is 11.9 Å². The molecule has 0 radical (unpaired) electrons. The second kappa shape index (κ2) is 5.24. The first-order valence-electron chi connectivity index (χ1n) is 5.60. The van der Waals surface area contributed by atoms with Crippen molar-refractivity contribution in [3.63, 3.8) is 0 Å². The molecule has 0 aliphatic carbocycles. The molecule has 2 unspecified atom stereocenters. The SMILES string of the molecule is NC(Cc1cn(CC2CCOC2)nn1)C(=O)O. The molecule has 1 saturated heterocycles. The van der Waals surface area contributed by atoms with Gasteiger partial charge in [0.2, 0.25) is 0 Å². The summed E-state index contributed by atoms with van der Waals surface area (Å²) in [6.07, 6.45) is 2.99. The summed E-state index contributed by atoms with van der Waals surface area (Å²) >= 11 is 0. The lowest BCUT2D eigenvalue weighted by Crippen LogP contribution is -2.32. The van der Waals surface area contributed by atoms with E-state index >= 15 is 0 Å². The summed E-state index contributed by atoms with van der Waals surface area (Å²) < 4.78 is 7.00. The normalized spacial score (nSPS) is 21.6. The number of ether oxygens (including phenoxy) is 1. The van der Waals surface area contributed by atoms with E-state index in [-0.39, 0.29) is 6.42 Å². The van der Waals surface area contributed by atoms with Gasteiger partial charge in [0.15, 0.2) is 0 Å². The van der Waals surface area contributed by atoms with E-state index in [1.165, 1.54) is 0 Å². The van der Waals surface area contributed by atoms with E-state index in [0.29, 0.717) is 11.6 Å². The standard InChI is InChI=1S/C10H16N4O3/c11-9(10(15)16)3-8-5-14(13-12-8)4-7-1-2-17-6-7/h5,7,9H,1-4,6,11H2,(H,15,16). The van der Waals surface area contributed by atoms with E-state index < -0.39 is 12.0 Å². The Morgan fingerprint density at radius 2 is 2.59 bits per heavy atom. The number of carbonyl (C=O) groups is 1. The zero-order chi connectivity index (χ0) is 12.3. The van der Waals surface area contributed by atoms with Gasteiger partial charge in [-0.2, -0.15) is 0 Å². The largest absolute Gasteiger partial charge is 0.480 e. The molecule has 2 atom stereocenters. The van der Waals surface area contributed by atoms with Crippen LogP contribution < -0.4 is 5.73 Å². The Morgan fingerprint density at radius 3 is 3.24 bits per heavy atom. The minimum Gasteiger partial charge on any atom is -0.480 e. The zero-order valence-corrected chi connectivity index (χ0v) is 9.45. The van der Waals surface area contributed by atoms with Gasteiger partial charge in [-0.15, -0.1) is 5.10 Å². The first-order chi connectivity index (χ1) is 8.15. The van der Waals surface area contributed by atoms with Gasteiger partial charge in [0.1, 0.15) is 6.04 Å². The van der Waals surface area contributed by atoms with Gasteiger partial charge in [0.05, 0.1) is 12.3 Å². The lowest BCUT2D eigenvalue weighted by Gasteiger charge is -2.05. The average molecular weight is 240 g/mol. The second-order valence-corrected chi connectivity index (χ2v) is 4.31. The second-order valence-electron chi connectivity index (χ2n) is 4.31. The molecule has 1 aromatic rings. The minimum atomic E-state index is -1.02. The molecule has 7 heteroatoms. The average Bonchev–Trinajstić information content (AvgIpc) is 2.91. The van der Waals surface area contributed by atoms with Crippen molar-refractivity contribution >= 4 is 5.97 Å². The van der Waals surface area contributed by atoms with Crippen LogP contribution in [0.15, 0.2) is 6.20 Å². The van der Waals surface area contributed by atoms with Gasteiger partial charge in [0.25, 0.3) is 0 Å². The highest BCUT2D eigenvalue weighted by Gasteiger charge is 2.18. The molecule has 2 rings (SSSR count). The molecule has 17 heavy (non-hydrogen) atoms. The molecule has 2 heterocycles. The van der Waals surface area contributed by atoms with Crippen molar-refractivity contribution < 1.29 is 14.6 Å².